The molecule has 0 N–H and O–H groups in total. The molecule has 0 aliphatic carbocycles. The van der Waals surface area contributed by atoms with E-state index in [0.717, 1.165) is 16.4 Å². The minimum Gasteiger partial charge on any atom is -0.371 e. The Morgan fingerprint density at radius 3 is 2.62 bits per heavy atom. The highest BCUT2D eigenvalue weighted by molar-refractivity contribution is 7.11. The lowest BCUT2D eigenvalue weighted by molar-refractivity contribution is -0.00207. The van der Waals surface area contributed by atoms with E-state index in [9.17, 15) is 0 Å². The topological polar surface area (TPSA) is 35.0 Å². The third kappa shape index (κ3) is 2.18. The molecule has 1 aromatic rings. The Bertz CT molecular complexity index is 273. The molecule has 0 radical (unpaired) electrons. The van der Waals surface area contributed by atoms with Crippen LogP contribution in [0.5, 0.6) is 0 Å². The quantitative estimate of drug-likeness (QED) is 0.732. The van der Waals surface area contributed by atoms with Crippen LogP contribution in [0.4, 0.5) is 0 Å². The summed E-state index contributed by atoms with van der Waals surface area (Å²) in [7, 11) is 1.69. The van der Waals surface area contributed by atoms with Gasteiger partial charge in [0.15, 0.2) is 0 Å². The van der Waals surface area contributed by atoms with E-state index in [1.165, 1.54) is 11.3 Å². The van der Waals surface area contributed by atoms with Crippen LogP contribution in [0.15, 0.2) is 0 Å². The summed E-state index contributed by atoms with van der Waals surface area (Å²) in [6.07, 6.45) is 0.875. The van der Waals surface area contributed by atoms with Gasteiger partial charge in [0.05, 0.1) is 5.88 Å². The fraction of sp³-hybridized carbons (Fsp3) is 0.750. The van der Waals surface area contributed by atoms with Crippen molar-refractivity contribution in [3.8, 4) is 0 Å². The SMILES string of the molecule is CCC(C)(OC)c1nnc(CCl)s1. The zero-order chi connectivity index (χ0) is 9.90. The predicted octanol–water partition coefficient (Wildman–Crippen LogP) is 2.55. The first kappa shape index (κ1) is 10.9. The van der Waals surface area contributed by atoms with Crippen LogP contribution in [-0.2, 0) is 16.2 Å². The van der Waals surface area contributed by atoms with Gasteiger partial charge in [0.1, 0.15) is 15.6 Å². The summed E-state index contributed by atoms with van der Waals surface area (Å²) in [5.41, 5.74) is -0.317. The van der Waals surface area contributed by atoms with Crippen LogP contribution < -0.4 is 0 Å². The van der Waals surface area contributed by atoms with Crippen molar-refractivity contribution >= 4 is 22.9 Å². The lowest BCUT2D eigenvalue weighted by Crippen LogP contribution is -2.22. The first-order valence-corrected chi connectivity index (χ1v) is 5.45. The van der Waals surface area contributed by atoms with Gasteiger partial charge in [0.2, 0.25) is 0 Å². The number of aromatic nitrogens is 2. The summed E-state index contributed by atoms with van der Waals surface area (Å²) in [4.78, 5) is 0. The molecule has 0 saturated heterocycles. The fourth-order valence-corrected chi connectivity index (χ4v) is 2.01. The molecule has 0 saturated carbocycles. The molecule has 1 aromatic heterocycles. The summed E-state index contributed by atoms with van der Waals surface area (Å²) in [6, 6.07) is 0. The van der Waals surface area contributed by atoms with Crippen LogP contribution >= 0.6 is 22.9 Å². The number of hydrogen-bond donors (Lipinski definition) is 0. The van der Waals surface area contributed by atoms with Crippen LogP contribution in [0.3, 0.4) is 0 Å². The van der Waals surface area contributed by atoms with Gasteiger partial charge >= 0.3 is 0 Å². The number of alkyl halides is 1. The molecule has 0 aliphatic rings. The molecular weight excluding hydrogens is 208 g/mol. The average Bonchev–Trinajstić information content (AvgIpc) is 2.65. The van der Waals surface area contributed by atoms with Crippen molar-refractivity contribution in [2.45, 2.75) is 31.7 Å². The first-order chi connectivity index (χ1) is 6.16. The molecule has 1 rings (SSSR count). The molecule has 0 bridgehead atoms. The molecule has 5 heteroatoms. The lowest BCUT2D eigenvalue weighted by Gasteiger charge is -2.22. The van der Waals surface area contributed by atoms with Crippen LogP contribution in [0, 0.1) is 0 Å². The van der Waals surface area contributed by atoms with Crippen LogP contribution in [0.1, 0.15) is 30.3 Å². The van der Waals surface area contributed by atoms with Crippen molar-refractivity contribution in [2.24, 2.45) is 0 Å². The van der Waals surface area contributed by atoms with E-state index >= 15 is 0 Å². The lowest BCUT2D eigenvalue weighted by atomic mass is 10.1. The highest BCUT2D eigenvalue weighted by Crippen LogP contribution is 2.30. The van der Waals surface area contributed by atoms with E-state index in [-0.39, 0.29) is 5.60 Å². The fourth-order valence-electron chi connectivity index (χ4n) is 0.904. The zero-order valence-electron chi connectivity index (χ0n) is 8.00. The van der Waals surface area contributed by atoms with Gasteiger partial charge in [-0.15, -0.1) is 21.8 Å². The normalized spacial score (nSPS) is 15.7. The summed E-state index contributed by atoms with van der Waals surface area (Å²) in [6.45, 7) is 4.07. The standard InChI is InChI=1S/C8H13ClN2OS/c1-4-8(2,12-3)7-11-10-6(5-9)13-7/h4-5H2,1-3H3. The molecule has 74 valence electrons. The van der Waals surface area contributed by atoms with Crippen molar-refractivity contribution < 1.29 is 4.74 Å². The maximum atomic E-state index is 5.64. The van der Waals surface area contributed by atoms with Crippen molar-refractivity contribution in [2.75, 3.05) is 7.11 Å². The van der Waals surface area contributed by atoms with E-state index in [1.54, 1.807) is 7.11 Å². The minimum atomic E-state index is -0.317. The van der Waals surface area contributed by atoms with Crippen LogP contribution in [-0.4, -0.2) is 17.3 Å². The molecule has 0 fully saturated rings. The third-order valence-electron chi connectivity index (χ3n) is 2.16. The first-order valence-electron chi connectivity index (χ1n) is 4.10. The van der Waals surface area contributed by atoms with Crippen LogP contribution in [0.25, 0.3) is 0 Å². The Labute approximate surface area is 87.1 Å². The van der Waals surface area contributed by atoms with E-state index in [1.807, 2.05) is 6.92 Å². The van der Waals surface area contributed by atoms with Crippen molar-refractivity contribution in [3.05, 3.63) is 10.0 Å². The second-order valence-corrected chi connectivity index (χ2v) is 4.25. The second-order valence-electron chi connectivity index (χ2n) is 2.92. The number of hydrogen-bond acceptors (Lipinski definition) is 4. The highest BCUT2D eigenvalue weighted by atomic mass is 35.5. The van der Waals surface area contributed by atoms with Gasteiger partial charge in [0.25, 0.3) is 0 Å². The Hall–Kier alpha value is -0.190. The maximum Gasteiger partial charge on any atom is 0.149 e. The van der Waals surface area contributed by atoms with Gasteiger partial charge in [-0.3, -0.25) is 0 Å². The number of rotatable bonds is 4. The molecule has 13 heavy (non-hydrogen) atoms. The van der Waals surface area contributed by atoms with Gasteiger partial charge in [-0.1, -0.05) is 18.3 Å². The molecule has 0 amide bonds. The van der Waals surface area contributed by atoms with E-state index < -0.39 is 0 Å². The minimum absolute atomic E-state index is 0.317. The molecule has 0 spiro atoms. The Balaban J connectivity index is 2.91. The predicted molar refractivity (Wildman–Crippen MR) is 54.1 cm³/mol. The largest absolute Gasteiger partial charge is 0.371 e. The molecule has 1 unspecified atom stereocenters. The van der Waals surface area contributed by atoms with E-state index in [2.05, 4.69) is 17.1 Å². The molecule has 3 nitrogen and oxygen atoms in total. The summed E-state index contributed by atoms with van der Waals surface area (Å²) in [5, 5.41) is 9.75. The third-order valence-corrected chi connectivity index (χ3v) is 3.74. The Morgan fingerprint density at radius 2 is 2.23 bits per heavy atom. The zero-order valence-corrected chi connectivity index (χ0v) is 9.58. The molecular formula is C8H13ClN2OS. The monoisotopic (exact) mass is 220 g/mol. The van der Waals surface area contributed by atoms with E-state index in [0.29, 0.717) is 5.88 Å². The molecule has 0 aliphatic heterocycles. The number of nitrogens with zero attached hydrogens (tertiary/aromatic N) is 2. The van der Waals surface area contributed by atoms with Crippen LogP contribution in [0.2, 0.25) is 0 Å². The second kappa shape index (κ2) is 4.35. The average molecular weight is 221 g/mol. The van der Waals surface area contributed by atoms with Crippen molar-refractivity contribution in [1.29, 1.82) is 0 Å². The number of methoxy groups -OCH3 is 1. The van der Waals surface area contributed by atoms with Gasteiger partial charge in [-0.05, 0) is 13.3 Å². The van der Waals surface area contributed by atoms with Gasteiger partial charge in [-0.2, -0.15) is 0 Å². The molecule has 1 atom stereocenters. The van der Waals surface area contributed by atoms with Gasteiger partial charge in [-0.25, -0.2) is 0 Å². The summed E-state index contributed by atoms with van der Waals surface area (Å²) >= 11 is 7.15. The molecule has 0 aromatic carbocycles. The number of halogens is 1. The van der Waals surface area contributed by atoms with Crippen molar-refractivity contribution in [1.82, 2.24) is 10.2 Å². The molecule has 1 heterocycles. The highest BCUT2D eigenvalue weighted by Gasteiger charge is 2.28. The maximum absolute atomic E-state index is 5.64. The summed E-state index contributed by atoms with van der Waals surface area (Å²) in [5.74, 6) is 0.418. The Kier molecular flexibility index (Phi) is 3.64. The smallest absolute Gasteiger partial charge is 0.149 e. The van der Waals surface area contributed by atoms with Crippen molar-refractivity contribution in [3.63, 3.8) is 0 Å². The summed E-state index contributed by atoms with van der Waals surface area (Å²) < 4.78 is 5.40. The Morgan fingerprint density at radius 1 is 1.54 bits per heavy atom. The van der Waals surface area contributed by atoms with Gasteiger partial charge in [0, 0.05) is 7.11 Å². The number of ether oxygens (including phenoxy) is 1. The van der Waals surface area contributed by atoms with Gasteiger partial charge < -0.3 is 4.74 Å². The van der Waals surface area contributed by atoms with E-state index in [4.69, 9.17) is 16.3 Å².